The number of carbonyl (C=O) groups excluding carboxylic acids is 1. The third-order valence-corrected chi connectivity index (χ3v) is 3.09. The van der Waals surface area contributed by atoms with Crippen LogP contribution in [0.15, 0.2) is 30.3 Å². The highest BCUT2D eigenvalue weighted by Crippen LogP contribution is 2.05. The molecule has 0 aliphatic rings. The number of hydrogen-bond acceptors (Lipinski definition) is 3. The van der Waals surface area contributed by atoms with Crippen molar-refractivity contribution in [2.75, 3.05) is 33.8 Å². The summed E-state index contributed by atoms with van der Waals surface area (Å²) in [7, 11) is 4.09. The standard InChI is InChI=1S/C15H24NO3/c1-16(2,11-12-17)10-6-9-15(18)19-13-14-7-4-3-5-8-14/h3-5,7-8,17H,6,9-13H2,1-2H3/q+1. The average molecular weight is 266 g/mol. The fourth-order valence-electron chi connectivity index (χ4n) is 1.84. The fraction of sp³-hybridized carbons (Fsp3) is 0.533. The molecule has 0 atom stereocenters. The summed E-state index contributed by atoms with van der Waals surface area (Å²) in [5, 5.41) is 8.91. The molecule has 4 heteroatoms. The predicted molar refractivity (Wildman–Crippen MR) is 74.4 cm³/mol. The number of likely N-dealkylation sites (N-methyl/N-ethyl adjacent to an activating group) is 1. The van der Waals surface area contributed by atoms with E-state index in [1.54, 1.807) is 0 Å². The SMILES string of the molecule is C[N+](C)(CCO)CCCC(=O)OCc1ccccc1. The van der Waals surface area contributed by atoms with Crippen molar-refractivity contribution in [2.45, 2.75) is 19.4 Å². The van der Waals surface area contributed by atoms with Crippen LogP contribution in [0.25, 0.3) is 0 Å². The monoisotopic (exact) mass is 266 g/mol. The van der Waals surface area contributed by atoms with Gasteiger partial charge in [-0.3, -0.25) is 4.79 Å². The molecule has 0 amide bonds. The minimum atomic E-state index is -0.159. The highest BCUT2D eigenvalue weighted by molar-refractivity contribution is 5.69. The zero-order valence-electron chi connectivity index (χ0n) is 11.8. The minimum Gasteiger partial charge on any atom is -0.461 e. The van der Waals surface area contributed by atoms with Crippen LogP contribution >= 0.6 is 0 Å². The molecule has 0 aliphatic carbocycles. The van der Waals surface area contributed by atoms with Gasteiger partial charge in [0.2, 0.25) is 0 Å². The van der Waals surface area contributed by atoms with E-state index in [-0.39, 0.29) is 12.6 Å². The maximum Gasteiger partial charge on any atom is 0.306 e. The van der Waals surface area contributed by atoms with Crippen molar-refractivity contribution in [3.63, 3.8) is 0 Å². The van der Waals surface area contributed by atoms with Gasteiger partial charge >= 0.3 is 5.97 Å². The summed E-state index contributed by atoms with van der Waals surface area (Å²) in [6.45, 7) is 2.08. The Morgan fingerprint density at radius 2 is 1.89 bits per heavy atom. The van der Waals surface area contributed by atoms with Crippen molar-refractivity contribution in [1.82, 2.24) is 0 Å². The first kappa shape index (κ1) is 15.7. The van der Waals surface area contributed by atoms with Crippen molar-refractivity contribution in [1.29, 1.82) is 0 Å². The van der Waals surface area contributed by atoms with Crippen LogP contribution in [0.5, 0.6) is 0 Å². The second-order valence-electron chi connectivity index (χ2n) is 5.36. The van der Waals surface area contributed by atoms with Gasteiger partial charge < -0.3 is 14.3 Å². The predicted octanol–water partition coefficient (Wildman–Crippen LogP) is 1.58. The lowest BCUT2D eigenvalue weighted by atomic mass is 10.2. The Hall–Kier alpha value is -1.39. The number of rotatable bonds is 8. The second kappa shape index (κ2) is 7.92. The molecular weight excluding hydrogens is 242 g/mol. The van der Waals surface area contributed by atoms with Gasteiger partial charge in [0.15, 0.2) is 0 Å². The molecule has 19 heavy (non-hydrogen) atoms. The van der Waals surface area contributed by atoms with Crippen LogP contribution in [0.4, 0.5) is 0 Å². The van der Waals surface area contributed by atoms with Crippen LogP contribution in [-0.4, -0.2) is 49.4 Å². The van der Waals surface area contributed by atoms with Crippen molar-refractivity contribution >= 4 is 5.97 Å². The molecule has 0 aromatic heterocycles. The first-order valence-electron chi connectivity index (χ1n) is 6.66. The van der Waals surface area contributed by atoms with Gasteiger partial charge in [-0.15, -0.1) is 0 Å². The van der Waals surface area contributed by atoms with Crippen molar-refractivity contribution in [2.24, 2.45) is 0 Å². The van der Waals surface area contributed by atoms with E-state index in [0.29, 0.717) is 19.6 Å². The smallest absolute Gasteiger partial charge is 0.306 e. The molecule has 0 bridgehead atoms. The van der Waals surface area contributed by atoms with E-state index in [9.17, 15) is 4.79 Å². The Balaban J connectivity index is 2.18. The number of esters is 1. The lowest BCUT2D eigenvalue weighted by molar-refractivity contribution is -0.890. The van der Waals surface area contributed by atoms with Gasteiger partial charge in [0.1, 0.15) is 13.2 Å². The summed E-state index contributed by atoms with van der Waals surface area (Å²) in [4.78, 5) is 11.6. The van der Waals surface area contributed by atoms with Gasteiger partial charge in [0, 0.05) is 6.42 Å². The van der Waals surface area contributed by atoms with Crippen LogP contribution in [0.2, 0.25) is 0 Å². The third-order valence-electron chi connectivity index (χ3n) is 3.09. The number of aliphatic hydroxyl groups is 1. The Bertz CT molecular complexity index is 376. The van der Waals surface area contributed by atoms with Crippen LogP contribution in [-0.2, 0) is 16.1 Å². The summed E-state index contributed by atoms with van der Waals surface area (Å²) in [6, 6.07) is 9.67. The van der Waals surface area contributed by atoms with Crippen molar-refractivity contribution < 1.29 is 19.1 Å². The summed E-state index contributed by atoms with van der Waals surface area (Å²) >= 11 is 0. The van der Waals surface area contributed by atoms with Crippen LogP contribution in [0.1, 0.15) is 18.4 Å². The van der Waals surface area contributed by atoms with Crippen LogP contribution < -0.4 is 0 Å². The number of benzene rings is 1. The number of nitrogens with zero attached hydrogens (tertiary/aromatic N) is 1. The van der Waals surface area contributed by atoms with E-state index in [1.165, 1.54) is 0 Å². The molecule has 106 valence electrons. The summed E-state index contributed by atoms with van der Waals surface area (Å²) < 4.78 is 5.93. The lowest BCUT2D eigenvalue weighted by Crippen LogP contribution is -2.42. The molecule has 0 radical (unpaired) electrons. The molecule has 0 saturated heterocycles. The van der Waals surface area contributed by atoms with E-state index < -0.39 is 0 Å². The second-order valence-corrected chi connectivity index (χ2v) is 5.36. The molecule has 0 fully saturated rings. The number of ether oxygens (including phenoxy) is 1. The van der Waals surface area contributed by atoms with Gasteiger partial charge in [0.05, 0.1) is 33.7 Å². The zero-order valence-corrected chi connectivity index (χ0v) is 11.8. The van der Waals surface area contributed by atoms with E-state index in [1.807, 2.05) is 44.4 Å². The molecule has 1 rings (SSSR count). The van der Waals surface area contributed by atoms with Gasteiger partial charge in [-0.2, -0.15) is 0 Å². The molecular formula is C15H24NO3+. The molecule has 1 N–H and O–H groups in total. The Morgan fingerprint density at radius 1 is 1.21 bits per heavy atom. The summed E-state index contributed by atoms with van der Waals surface area (Å²) in [5.41, 5.74) is 1.01. The van der Waals surface area contributed by atoms with Crippen LogP contribution in [0, 0.1) is 0 Å². The zero-order chi connectivity index (χ0) is 14.1. The lowest BCUT2D eigenvalue weighted by Gasteiger charge is -2.28. The van der Waals surface area contributed by atoms with Gasteiger partial charge in [0.25, 0.3) is 0 Å². The van der Waals surface area contributed by atoms with Gasteiger partial charge in [-0.1, -0.05) is 30.3 Å². The Morgan fingerprint density at radius 3 is 2.53 bits per heavy atom. The Kier molecular flexibility index (Phi) is 6.53. The fourth-order valence-corrected chi connectivity index (χ4v) is 1.84. The topological polar surface area (TPSA) is 46.5 Å². The summed E-state index contributed by atoms with van der Waals surface area (Å²) in [6.07, 6.45) is 1.21. The molecule has 0 saturated carbocycles. The number of quaternary nitrogens is 1. The normalized spacial score (nSPS) is 11.3. The molecule has 0 unspecified atom stereocenters. The first-order chi connectivity index (χ1) is 9.03. The first-order valence-corrected chi connectivity index (χ1v) is 6.66. The minimum absolute atomic E-state index is 0.159. The number of aliphatic hydroxyl groups excluding tert-OH is 1. The van der Waals surface area contributed by atoms with Gasteiger partial charge in [-0.05, 0) is 5.56 Å². The largest absolute Gasteiger partial charge is 0.461 e. The third kappa shape index (κ3) is 6.94. The van der Waals surface area contributed by atoms with E-state index in [2.05, 4.69) is 0 Å². The maximum absolute atomic E-state index is 11.6. The molecule has 1 aromatic rings. The number of carbonyl (C=O) groups is 1. The van der Waals surface area contributed by atoms with E-state index in [0.717, 1.165) is 23.0 Å². The number of hydrogen-bond donors (Lipinski definition) is 1. The summed E-state index contributed by atoms with van der Waals surface area (Å²) in [5.74, 6) is -0.159. The maximum atomic E-state index is 11.6. The quantitative estimate of drug-likeness (QED) is 0.574. The van der Waals surface area contributed by atoms with Crippen molar-refractivity contribution in [3.8, 4) is 0 Å². The molecule has 1 aromatic carbocycles. The highest BCUT2D eigenvalue weighted by Gasteiger charge is 2.14. The van der Waals surface area contributed by atoms with Crippen molar-refractivity contribution in [3.05, 3.63) is 35.9 Å². The van der Waals surface area contributed by atoms with E-state index >= 15 is 0 Å². The van der Waals surface area contributed by atoms with E-state index in [4.69, 9.17) is 9.84 Å². The highest BCUT2D eigenvalue weighted by atomic mass is 16.5. The molecule has 0 aliphatic heterocycles. The van der Waals surface area contributed by atoms with Crippen LogP contribution in [0.3, 0.4) is 0 Å². The average Bonchev–Trinajstić information content (AvgIpc) is 2.37. The Labute approximate surface area is 115 Å². The van der Waals surface area contributed by atoms with Gasteiger partial charge in [-0.25, -0.2) is 0 Å². The molecule has 4 nitrogen and oxygen atoms in total. The molecule has 0 spiro atoms. The molecule has 0 heterocycles.